The highest BCUT2D eigenvalue weighted by Crippen LogP contribution is 2.42. The zero-order valence-electron chi connectivity index (χ0n) is 17.3. The number of thiophene rings is 1. The number of nitrogens with one attached hydrogen (secondary N) is 1. The Kier molecular flexibility index (Phi) is 5.15. The topological polar surface area (TPSA) is 143 Å². The minimum atomic E-state index is -4.54. The molecule has 0 fully saturated rings. The first kappa shape index (κ1) is 22.1. The average molecular weight is 474 g/mol. The molecule has 0 radical (unpaired) electrons. The third-order valence-electron chi connectivity index (χ3n) is 5.79. The third kappa shape index (κ3) is 3.48. The van der Waals surface area contributed by atoms with Crippen molar-refractivity contribution in [3.63, 3.8) is 0 Å². The second-order valence-electron chi connectivity index (χ2n) is 7.77. The van der Waals surface area contributed by atoms with Crippen LogP contribution in [0.1, 0.15) is 22.9 Å². The number of aryl methyl sites for hydroxylation is 2. The van der Waals surface area contributed by atoms with Crippen LogP contribution in [0.2, 0.25) is 0 Å². The van der Waals surface area contributed by atoms with E-state index in [-0.39, 0.29) is 11.4 Å². The molecule has 0 amide bonds. The van der Waals surface area contributed by atoms with E-state index >= 15 is 0 Å². The molecule has 2 unspecified atom stereocenters. The fraction of sp³-hybridized carbons (Fsp3) is 0.238. The number of nitro groups is 1. The summed E-state index contributed by atoms with van der Waals surface area (Å²) in [6, 6.07) is 6.78. The van der Waals surface area contributed by atoms with Crippen LogP contribution < -0.4 is 5.56 Å². The van der Waals surface area contributed by atoms with E-state index in [9.17, 15) is 27.9 Å². The van der Waals surface area contributed by atoms with Gasteiger partial charge in [-0.05, 0) is 31.9 Å². The predicted molar refractivity (Wildman–Crippen MR) is 122 cm³/mol. The quantitative estimate of drug-likeness (QED) is 0.255. The van der Waals surface area contributed by atoms with E-state index in [1.807, 2.05) is 13.8 Å². The summed E-state index contributed by atoms with van der Waals surface area (Å²) in [4.78, 5) is 32.9. The number of H-pyrrole nitrogens is 1. The minimum absolute atomic E-state index is 0.258. The molecule has 9 nitrogen and oxygen atoms in total. The number of hydrogen-bond acceptors (Lipinski definition) is 7. The minimum Gasteiger partial charge on any atom is -0.306 e. The van der Waals surface area contributed by atoms with Gasteiger partial charge in [-0.25, -0.2) is 4.98 Å². The molecule has 3 aromatic rings. The summed E-state index contributed by atoms with van der Waals surface area (Å²) in [5.74, 6) is 0.258. The van der Waals surface area contributed by atoms with Gasteiger partial charge in [0.1, 0.15) is 21.3 Å². The first-order valence-corrected chi connectivity index (χ1v) is 11.9. The van der Waals surface area contributed by atoms with Crippen LogP contribution in [0.25, 0.3) is 21.6 Å². The molecular weight excluding hydrogens is 454 g/mol. The smallest absolute Gasteiger partial charge is 0.275 e. The maximum Gasteiger partial charge on any atom is 0.275 e. The molecule has 11 heteroatoms. The Labute approximate surface area is 187 Å². The summed E-state index contributed by atoms with van der Waals surface area (Å²) in [5.41, 5.74) is -0.254. The number of fused-ring (bicyclic) bond motifs is 1. The molecule has 0 saturated carbocycles. The standard InChI is InChI=1S/C21H19N3O6S2/c1-11-12(2)31-20-17(11)19(25)22-18(23-20)14-6-4-5-7-15(14)21(3)9-8-13(32(28,29)30)10-16(21)24(26)27/h4-10,13H,1-3H3,(H,22,23,25)(H,28,29,30). The summed E-state index contributed by atoms with van der Waals surface area (Å²) >= 11 is 1.39. The van der Waals surface area contributed by atoms with Gasteiger partial charge in [0.15, 0.2) is 0 Å². The molecule has 0 saturated heterocycles. The molecule has 1 aromatic carbocycles. The normalized spacial score (nSPS) is 21.0. The molecule has 0 bridgehead atoms. The van der Waals surface area contributed by atoms with Crippen molar-refractivity contribution in [1.82, 2.24) is 9.97 Å². The molecule has 2 atom stereocenters. The highest BCUT2D eigenvalue weighted by molar-refractivity contribution is 7.86. The Bertz CT molecular complexity index is 1500. The summed E-state index contributed by atoms with van der Waals surface area (Å²) in [6.07, 6.45) is 3.53. The predicted octanol–water partition coefficient (Wildman–Crippen LogP) is 3.51. The van der Waals surface area contributed by atoms with Gasteiger partial charge in [-0.15, -0.1) is 11.3 Å². The molecular formula is C21H19N3O6S2. The van der Waals surface area contributed by atoms with Crippen LogP contribution in [0.3, 0.4) is 0 Å². The maximum absolute atomic E-state index is 12.8. The van der Waals surface area contributed by atoms with Gasteiger partial charge in [-0.1, -0.05) is 36.4 Å². The summed E-state index contributed by atoms with van der Waals surface area (Å²) in [7, 11) is -4.54. The fourth-order valence-electron chi connectivity index (χ4n) is 3.95. The Morgan fingerprint density at radius 3 is 2.62 bits per heavy atom. The van der Waals surface area contributed by atoms with Crippen LogP contribution in [0.5, 0.6) is 0 Å². The number of allylic oxidation sites excluding steroid dienone is 1. The van der Waals surface area contributed by atoms with Gasteiger partial charge in [0, 0.05) is 16.5 Å². The molecule has 0 spiro atoms. The number of rotatable bonds is 4. The lowest BCUT2D eigenvalue weighted by Gasteiger charge is -2.29. The molecule has 32 heavy (non-hydrogen) atoms. The van der Waals surface area contributed by atoms with Crippen LogP contribution in [-0.4, -0.2) is 33.1 Å². The second kappa shape index (κ2) is 7.47. The molecule has 4 rings (SSSR count). The van der Waals surface area contributed by atoms with E-state index in [1.165, 1.54) is 23.5 Å². The SMILES string of the molecule is Cc1sc2nc(-c3ccccc3C3(C)C=CC(S(=O)(=O)O)C=C3[N+](=O)[O-])[nH]c(=O)c2c1C. The van der Waals surface area contributed by atoms with Crippen molar-refractivity contribution in [3.8, 4) is 11.4 Å². The van der Waals surface area contributed by atoms with Crippen molar-refractivity contribution in [1.29, 1.82) is 0 Å². The van der Waals surface area contributed by atoms with Crippen molar-refractivity contribution in [2.45, 2.75) is 31.4 Å². The van der Waals surface area contributed by atoms with E-state index in [0.29, 0.717) is 21.3 Å². The van der Waals surface area contributed by atoms with Gasteiger partial charge in [-0.2, -0.15) is 8.42 Å². The van der Waals surface area contributed by atoms with Gasteiger partial charge in [-0.3, -0.25) is 19.5 Å². The Balaban J connectivity index is 1.95. The third-order valence-corrected chi connectivity index (χ3v) is 7.88. The van der Waals surface area contributed by atoms with E-state index in [4.69, 9.17) is 0 Å². The van der Waals surface area contributed by atoms with Gasteiger partial charge >= 0.3 is 0 Å². The monoisotopic (exact) mass is 473 g/mol. The first-order valence-electron chi connectivity index (χ1n) is 9.55. The zero-order valence-corrected chi connectivity index (χ0v) is 19.0. The van der Waals surface area contributed by atoms with Crippen LogP contribution in [-0.2, 0) is 15.5 Å². The van der Waals surface area contributed by atoms with Crippen molar-refractivity contribution in [2.75, 3.05) is 0 Å². The molecule has 1 aliphatic rings. The maximum atomic E-state index is 12.8. The van der Waals surface area contributed by atoms with Crippen molar-refractivity contribution in [2.24, 2.45) is 0 Å². The number of hydrogen-bond donors (Lipinski definition) is 2. The number of aromatic amines is 1. The van der Waals surface area contributed by atoms with E-state index in [0.717, 1.165) is 16.5 Å². The fourth-order valence-corrected chi connectivity index (χ4v) is 5.55. The average Bonchev–Trinajstić information content (AvgIpc) is 3.01. The van der Waals surface area contributed by atoms with E-state index in [2.05, 4.69) is 9.97 Å². The first-order chi connectivity index (χ1) is 14.9. The van der Waals surface area contributed by atoms with Gasteiger partial charge in [0.05, 0.1) is 10.3 Å². The molecule has 1 aliphatic carbocycles. The van der Waals surface area contributed by atoms with Crippen molar-refractivity contribution >= 4 is 31.7 Å². The van der Waals surface area contributed by atoms with E-state index < -0.39 is 31.4 Å². The van der Waals surface area contributed by atoms with E-state index in [1.54, 1.807) is 31.2 Å². The summed E-state index contributed by atoms with van der Waals surface area (Å²) in [6.45, 7) is 5.34. The van der Waals surface area contributed by atoms with Crippen LogP contribution >= 0.6 is 11.3 Å². The number of benzene rings is 1. The Morgan fingerprint density at radius 2 is 1.97 bits per heavy atom. The van der Waals surface area contributed by atoms with Gasteiger partial charge < -0.3 is 4.98 Å². The van der Waals surface area contributed by atoms with Crippen LogP contribution in [0.4, 0.5) is 0 Å². The van der Waals surface area contributed by atoms with Gasteiger partial charge in [0.2, 0.25) is 0 Å². The Hall–Kier alpha value is -3.15. The largest absolute Gasteiger partial charge is 0.306 e. The second-order valence-corrected chi connectivity index (χ2v) is 10.6. The van der Waals surface area contributed by atoms with Crippen LogP contribution in [0.15, 0.2) is 53.0 Å². The molecule has 2 N–H and O–H groups in total. The Morgan fingerprint density at radius 1 is 1.28 bits per heavy atom. The lowest BCUT2D eigenvalue weighted by Crippen LogP contribution is -2.33. The number of aromatic nitrogens is 2. The zero-order chi connectivity index (χ0) is 23.4. The van der Waals surface area contributed by atoms with Crippen molar-refractivity contribution in [3.05, 3.63) is 84.7 Å². The summed E-state index contributed by atoms with van der Waals surface area (Å²) < 4.78 is 32.5. The lowest BCUT2D eigenvalue weighted by atomic mass is 9.74. The number of nitrogens with zero attached hydrogens (tertiary/aromatic N) is 2. The van der Waals surface area contributed by atoms with Crippen molar-refractivity contribution < 1.29 is 17.9 Å². The lowest BCUT2D eigenvalue weighted by molar-refractivity contribution is -0.434. The van der Waals surface area contributed by atoms with Gasteiger partial charge in [0.25, 0.3) is 21.4 Å². The highest BCUT2D eigenvalue weighted by atomic mass is 32.2. The van der Waals surface area contributed by atoms with Crippen LogP contribution in [0, 0.1) is 24.0 Å². The molecule has 2 aromatic heterocycles. The molecule has 166 valence electrons. The molecule has 0 aliphatic heterocycles. The highest BCUT2D eigenvalue weighted by Gasteiger charge is 2.44. The summed E-state index contributed by atoms with van der Waals surface area (Å²) in [5, 5.41) is 10.9. The molecule has 2 heterocycles.